The minimum atomic E-state index is -1.73. The van der Waals surface area contributed by atoms with Gasteiger partial charge >= 0.3 is 6.43 Å². The number of rotatable bonds is 1. The van der Waals surface area contributed by atoms with Gasteiger partial charge in [0.2, 0.25) is 0 Å². The summed E-state index contributed by atoms with van der Waals surface area (Å²) in [6.45, 7) is 2.77. The zero-order chi connectivity index (χ0) is 4.28. The standard InChI is InChI=1S/C3H3F2/c1-2-3(4)5/h2H,1H2. The molecule has 0 saturated heterocycles. The molecule has 29 valence electrons. The molecule has 0 spiro atoms. The van der Waals surface area contributed by atoms with E-state index in [1.165, 1.54) is 0 Å². The van der Waals surface area contributed by atoms with Crippen molar-refractivity contribution in [2.24, 2.45) is 0 Å². The molecule has 0 bridgehead atoms. The zero-order valence-corrected chi connectivity index (χ0v) is 2.54. The van der Waals surface area contributed by atoms with Gasteiger partial charge in [-0.05, 0) is 6.08 Å². The van der Waals surface area contributed by atoms with Crippen LogP contribution in [-0.4, -0.2) is 0 Å². The Hall–Kier alpha value is -0.400. The van der Waals surface area contributed by atoms with Crippen LogP contribution in [0.1, 0.15) is 0 Å². The highest BCUT2D eigenvalue weighted by molar-refractivity contribution is 4.84. The first kappa shape index (κ1) is 4.60. The Kier molecular flexibility index (Phi) is 1.73. The Labute approximate surface area is 29.1 Å². The average molecular weight is 77.1 g/mol. The van der Waals surface area contributed by atoms with Crippen LogP contribution in [-0.2, 0) is 0 Å². The highest BCUT2D eigenvalue weighted by Crippen LogP contribution is 1.99. The number of halogens is 2. The van der Waals surface area contributed by atoms with E-state index >= 15 is 0 Å². The van der Waals surface area contributed by atoms with Crippen LogP contribution in [0.2, 0.25) is 0 Å². The first-order valence-electron chi connectivity index (χ1n) is 1.07. The SMILES string of the molecule is C=C[C](F)F. The Bertz CT molecular complexity index is 31.9. The van der Waals surface area contributed by atoms with Gasteiger partial charge in [0, 0.05) is 0 Å². The van der Waals surface area contributed by atoms with Gasteiger partial charge < -0.3 is 0 Å². The molecular weight excluding hydrogens is 74.0 g/mol. The minimum absolute atomic E-state index is 0.500. The highest BCUT2D eigenvalue weighted by Gasteiger charge is 1.89. The second kappa shape index (κ2) is 1.88. The maximum absolute atomic E-state index is 10.6. The molecule has 0 aromatic rings. The molecule has 0 aliphatic rings. The third-order valence-electron chi connectivity index (χ3n) is 0.154. The third-order valence-corrected chi connectivity index (χ3v) is 0.154. The molecule has 0 nitrogen and oxygen atoms in total. The predicted octanol–water partition coefficient (Wildman–Crippen LogP) is 1.60. The first-order chi connectivity index (χ1) is 2.27. The fourth-order valence-electron chi connectivity index (χ4n) is 0. The molecule has 0 N–H and O–H groups in total. The Balaban J connectivity index is 2.83. The topological polar surface area (TPSA) is 0 Å². The van der Waals surface area contributed by atoms with Gasteiger partial charge in [0.05, 0.1) is 0 Å². The van der Waals surface area contributed by atoms with Crippen LogP contribution in [0.5, 0.6) is 0 Å². The van der Waals surface area contributed by atoms with Crippen LogP contribution < -0.4 is 0 Å². The van der Waals surface area contributed by atoms with E-state index in [0.717, 1.165) is 0 Å². The minimum Gasteiger partial charge on any atom is -0.195 e. The summed E-state index contributed by atoms with van der Waals surface area (Å²) in [5.74, 6) is 0. The molecule has 0 aliphatic heterocycles. The smallest absolute Gasteiger partial charge is 0.195 e. The van der Waals surface area contributed by atoms with Gasteiger partial charge in [-0.15, -0.1) is 0 Å². The van der Waals surface area contributed by atoms with Crippen LogP contribution in [0.15, 0.2) is 12.7 Å². The summed E-state index contributed by atoms with van der Waals surface area (Å²) in [4.78, 5) is 0. The third kappa shape index (κ3) is 3.60. The van der Waals surface area contributed by atoms with Crippen molar-refractivity contribution >= 4 is 0 Å². The van der Waals surface area contributed by atoms with Gasteiger partial charge in [0.15, 0.2) is 0 Å². The van der Waals surface area contributed by atoms with Gasteiger partial charge in [0.25, 0.3) is 0 Å². The lowest BCUT2D eigenvalue weighted by Gasteiger charge is -1.71. The molecule has 2 heteroatoms. The molecule has 0 atom stereocenters. The maximum atomic E-state index is 10.6. The van der Waals surface area contributed by atoms with Gasteiger partial charge in [-0.3, -0.25) is 0 Å². The van der Waals surface area contributed by atoms with Crippen molar-refractivity contribution in [2.75, 3.05) is 0 Å². The van der Waals surface area contributed by atoms with Gasteiger partial charge in [-0.2, -0.15) is 8.78 Å². The van der Waals surface area contributed by atoms with E-state index in [0.29, 0.717) is 6.08 Å². The summed E-state index contributed by atoms with van der Waals surface area (Å²) in [5.41, 5.74) is 0. The molecule has 0 unspecified atom stereocenters. The second-order valence-electron chi connectivity index (χ2n) is 0.494. The van der Waals surface area contributed by atoms with Crippen LogP contribution in [0.3, 0.4) is 0 Å². The molecule has 0 rings (SSSR count). The second-order valence-corrected chi connectivity index (χ2v) is 0.494. The monoisotopic (exact) mass is 77.0 g/mol. The van der Waals surface area contributed by atoms with Crippen LogP contribution in [0.25, 0.3) is 0 Å². The molecule has 0 fully saturated rings. The van der Waals surface area contributed by atoms with E-state index in [1.807, 2.05) is 0 Å². The van der Waals surface area contributed by atoms with Gasteiger partial charge in [-0.25, -0.2) is 0 Å². The van der Waals surface area contributed by atoms with Gasteiger partial charge in [0.1, 0.15) is 0 Å². The van der Waals surface area contributed by atoms with Crippen molar-refractivity contribution in [3.63, 3.8) is 0 Å². The molecule has 1 radical (unpaired) electrons. The normalized spacial score (nSPS) is 8.60. The lowest BCUT2D eigenvalue weighted by Crippen LogP contribution is -1.59. The van der Waals surface area contributed by atoms with E-state index in [1.54, 1.807) is 0 Å². The number of hydrogen-bond acceptors (Lipinski definition) is 0. The van der Waals surface area contributed by atoms with Crippen LogP contribution in [0.4, 0.5) is 8.78 Å². The molecule has 0 aliphatic carbocycles. The Morgan fingerprint density at radius 3 is 1.80 bits per heavy atom. The van der Waals surface area contributed by atoms with E-state index in [9.17, 15) is 8.78 Å². The van der Waals surface area contributed by atoms with Crippen molar-refractivity contribution < 1.29 is 8.78 Å². The van der Waals surface area contributed by atoms with Gasteiger partial charge in [-0.1, -0.05) is 6.58 Å². The summed E-state index contributed by atoms with van der Waals surface area (Å²) in [5, 5.41) is 0. The first-order valence-corrected chi connectivity index (χ1v) is 1.07. The van der Waals surface area contributed by atoms with Crippen LogP contribution in [0, 0.1) is 6.43 Å². The molecule has 0 aromatic heterocycles. The average Bonchev–Trinajstić information content (AvgIpc) is 1.38. The van der Waals surface area contributed by atoms with E-state index < -0.39 is 6.43 Å². The quantitative estimate of drug-likeness (QED) is 0.446. The molecule has 0 amide bonds. The molecule has 5 heavy (non-hydrogen) atoms. The van der Waals surface area contributed by atoms with E-state index in [2.05, 4.69) is 6.58 Å². The fourth-order valence-corrected chi connectivity index (χ4v) is 0. The van der Waals surface area contributed by atoms with Crippen molar-refractivity contribution in [1.82, 2.24) is 0 Å². The lowest BCUT2D eigenvalue weighted by atomic mass is 10.7. The summed E-state index contributed by atoms with van der Waals surface area (Å²) in [6.07, 6.45) is -1.23. The summed E-state index contributed by atoms with van der Waals surface area (Å²) in [6, 6.07) is 0. The highest BCUT2D eigenvalue weighted by atomic mass is 19.3. The molecule has 0 heterocycles. The summed E-state index contributed by atoms with van der Waals surface area (Å²) >= 11 is 0. The predicted molar refractivity (Wildman–Crippen MR) is 15.7 cm³/mol. The molecule has 0 saturated carbocycles. The molecular formula is C3H3F2. The Morgan fingerprint density at radius 2 is 1.80 bits per heavy atom. The van der Waals surface area contributed by atoms with E-state index in [4.69, 9.17) is 0 Å². The van der Waals surface area contributed by atoms with E-state index in [-0.39, 0.29) is 0 Å². The summed E-state index contributed by atoms with van der Waals surface area (Å²) < 4.78 is 21.1. The van der Waals surface area contributed by atoms with Crippen molar-refractivity contribution in [3.8, 4) is 0 Å². The fraction of sp³-hybridized carbons (Fsp3) is 0. The summed E-state index contributed by atoms with van der Waals surface area (Å²) in [7, 11) is 0. The number of allylic oxidation sites excluding steroid dienone is 1. The number of hydrogen-bond donors (Lipinski definition) is 0. The van der Waals surface area contributed by atoms with Crippen molar-refractivity contribution in [1.29, 1.82) is 0 Å². The van der Waals surface area contributed by atoms with Crippen molar-refractivity contribution in [3.05, 3.63) is 19.1 Å². The van der Waals surface area contributed by atoms with Crippen molar-refractivity contribution in [2.45, 2.75) is 0 Å². The largest absolute Gasteiger partial charge is 0.332 e. The maximum Gasteiger partial charge on any atom is 0.332 e. The molecule has 0 aromatic carbocycles. The van der Waals surface area contributed by atoms with Crippen LogP contribution >= 0.6 is 0 Å². The Morgan fingerprint density at radius 1 is 1.60 bits per heavy atom. The lowest BCUT2D eigenvalue weighted by molar-refractivity contribution is 0.334. The zero-order valence-electron chi connectivity index (χ0n) is 2.54.